The van der Waals surface area contributed by atoms with Gasteiger partial charge in [0.15, 0.2) is 5.82 Å². The van der Waals surface area contributed by atoms with Crippen LogP contribution in [0.5, 0.6) is 0 Å². The summed E-state index contributed by atoms with van der Waals surface area (Å²) in [5.74, 6) is 0.593. The van der Waals surface area contributed by atoms with Crippen molar-refractivity contribution in [2.24, 2.45) is 0 Å². The van der Waals surface area contributed by atoms with E-state index in [1.807, 2.05) is 35.8 Å². The predicted molar refractivity (Wildman–Crippen MR) is 90.3 cm³/mol. The Kier molecular flexibility index (Phi) is 4.40. The number of aromatic nitrogens is 3. The van der Waals surface area contributed by atoms with Crippen molar-refractivity contribution in [2.45, 2.75) is 26.5 Å². The lowest BCUT2D eigenvalue weighted by Gasteiger charge is -2.10. The average Bonchev–Trinajstić information content (AvgIpc) is 3.09. The number of fused-ring (bicyclic) bond motifs is 1. The molecule has 7 heteroatoms. The van der Waals surface area contributed by atoms with Crippen molar-refractivity contribution in [3.63, 3.8) is 0 Å². The number of nitrogens with zero attached hydrogens (tertiary/aromatic N) is 3. The topological polar surface area (TPSA) is 80.0 Å². The molecule has 1 atom stereocenters. The fourth-order valence-corrected chi connectivity index (χ4v) is 3.19. The molecule has 2 aromatic heterocycles. The maximum absolute atomic E-state index is 12.2. The Morgan fingerprint density at radius 2 is 2.22 bits per heavy atom. The average molecular weight is 330 g/mol. The van der Waals surface area contributed by atoms with Crippen LogP contribution in [0, 0.1) is 6.92 Å². The fourth-order valence-electron chi connectivity index (χ4n) is 2.39. The van der Waals surface area contributed by atoms with E-state index < -0.39 is 6.10 Å². The van der Waals surface area contributed by atoms with Crippen molar-refractivity contribution in [3.8, 4) is 10.7 Å². The molecule has 23 heavy (non-hydrogen) atoms. The number of aliphatic hydroxyl groups excluding tert-OH is 1. The molecule has 0 aliphatic rings. The van der Waals surface area contributed by atoms with Gasteiger partial charge in [0.2, 0.25) is 5.91 Å². The summed E-state index contributed by atoms with van der Waals surface area (Å²) in [6.07, 6.45) is -0.568. The second-order valence-electron chi connectivity index (χ2n) is 5.43. The van der Waals surface area contributed by atoms with Gasteiger partial charge in [-0.05, 0) is 26.0 Å². The predicted octanol–water partition coefficient (Wildman–Crippen LogP) is 1.97. The van der Waals surface area contributed by atoms with E-state index in [0.717, 1.165) is 27.4 Å². The van der Waals surface area contributed by atoms with Crippen LogP contribution in [0.1, 0.15) is 12.6 Å². The quantitative estimate of drug-likeness (QED) is 0.749. The standard InChI is InChI=1S/C16H18N4O2S/c1-10(21)7-17-14(22)8-20-13-6-4-3-5-12(13)19-16(20)15-11(2)18-9-23-15/h3-6,9-10,21H,7-8H2,1-2H3,(H,17,22). The molecular formula is C16H18N4O2S. The zero-order valence-corrected chi connectivity index (χ0v) is 13.8. The Morgan fingerprint density at radius 3 is 2.91 bits per heavy atom. The number of aliphatic hydroxyl groups is 1. The van der Waals surface area contributed by atoms with Crippen LogP contribution in [0.15, 0.2) is 29.8 Å². The van der Waals surface area contributed by atoms with Crippen LogP contribution in [-0.2, 0) is 11.3 Å². The highest BCUT2D eigenvalue weighted by molar-refractivity contribution is 7.13. The zero-order chi connectivity index (χ0) is 16.4. The van der Waals surface area contributed by atoms with Crippen molar-refractivity contribution in [1.82, 2.24) is 19.9 Å². The molecule has 1 aromatic carbocycles. The first-order chi connectivity index (χ1) is 11.1. The molecule has 0 bridgehead atoms. The molecule has 0 saturated carbocycles. The summed E-state index contributed by atoms with van der Waals surface area (Å²) < 4.78 is 1.90. The van der Waals surface area contributed by atoms with Crippen LogP contribution in [-0.4, -0.2) is 38.2 Å². The molecule has 6 nitrogen and oxygen atoms in total. The molecule has 1 unspecified atom stereocenters. The van der Waals surface area contributed by atoms with Crippen molar-refractivity contribution < 1.29 is 9.90 Å². The van der Waals surface area contributed by atoms with E-state index in [-0.39, 0.29) is 19.0 Å². The minimum absolute atomic E-state index is 0.153. The Labute approximate surface area is 137 Å². The molecule has 2 heterocycles. The molecule has 0 fully saturated rings. The van der Waals surface area contributed by atoms with Gasteiger partial charge in [-0.2, -0.15) is 0 Å². The van der Waals surface area contributed by atoms with Crippen LogP contribution in [0.2, 0.25) is 0 Å². The first kappa shape index (κ1) is 15.6. The highest BCUT2D eigenvalue weighted by Crippen LogP contribution is 2.29. The number of nitrogens with one attached hydrogen (secondary N) is 1. The molecule has 3 rings (SSSR count). The van der Waals surface area contributed by atoms with Gasteiger partial charge in [-0.25, -0.2) is 9.97 Å². The van der Waals surface area contributed by atoms with Gasteiger partial charge < -0.3 is 15.0 Å². The monoisotopic (exact) mass is 330 g/mol. The number of carbonyl (C=O) groups is 1. The van der Waals surface area contributed by atoms with E-state index >= 15 is 0 Å². The number of carbonyl (C=O) groups excluding carboxylic acids is 1. The highest BCUT2D eigenvalue weighted by atomic mass is 32.1. The van der Waals surface area contributed by atoms with Gasteiger partial charge in [0.1, 0.15) is 6.54 Å². The summed E-state index contributed by atoms with van der Waals surface area (Å²) >= 11 is 1.51. The number of thiazole rings is 1. The Morgan fingerprint density at radius 1 is 1.43 bits per heavy atom. The van der Waals surface area contributed by atoms with Gasteiger partial charge >= 0.3 is 0 Å². The van der Waals surface area contributed by atoms with Crippen molar-refractivity contribution in [2.75, 3.05) is 6.54 Å². The second-order valence-corrected chi connectivity index (χ2v) is 6.29. The third kappa shape index (κ3) is 3.25. The van der Waals surface area contributed by atoms with Gasteiger partial charge in [0.25, 0.3) is 0 Å². The van der Waals surface area contributed by atoms with Crippen LogP contribution < -0.4 is 5.32 Å². The minimum atomic E-state index is -0.568. The number of amides is 1. The van der Waals surface area contributed by atoms with Crippen LogP contribution in [0.4, 0.5) is 0 Å². The fraction of sp³-hybridized carbons (Fsp3) is 0.312. The largest absolute Gasteiger partial charge is 0.392 e. The van der Waals surface area contributed by atoms with E-state index in [2.05, 4.69) is 15.3 Å². The van der Waals surface area contributed by atoms with Gasteiger partial charge in [-0.1, -0.05) is 12.1 Å². The van der Waals surface area contributed by atoms with Crippen LogP contribution in [0.3, 0.4) is 0 Å². The lowest BCUT2D eigenvalue weighted by molar-refractivity contribution is -0.122. The smallest absolute Gasteiger partial charge is 0.240 e. The molecule has 0 spiro atoms. The normalized spacial score (nSPS) is 12.5. The minimum Gasteiger partial charge on any atom is -0.392 e. The van der Waals surface area contributed by atoms with Gasteiger partial charge in [0, 0.05) is 6.54 Å². The Balaban J connectivity index is 2.00. The number of hydrogen-bond acceptors (Lipinski definition) is 5. The molecule has 2 N–H and O–H groups in total. The SMILES string of the molecule is Cc1ncsc1-c1nc2ccccc2n1CC(=O)NCC(C)O. The summed E-state index contributed by atoms with van der Waals surface area (Å²) in [6, 6.07) is 7.73. The molecule has 1 amide bonds. The van der Waals surface area contributed by atoms with E-state index in [1.54, 1.807) is 12.4 Å². The number of benzene rings is 1. The molecule has 0 aliphatic heterocycles. The van der Waals surface area contributed by atoms with Crippen LogP contribution in [0.25, 0.3) is 21.7 Å². The summed E-state index contributed by atoms with van der Waals surface area (Å²) in [6.45, 7) is 3.96. The van der Waals surface area contributed by atoms with E-state index in [9.17, 15) is 9.90 Å². The third-order valence-electron chi connectivity index (χ3n) is 3.50. The molecule has 0 radical (unpaired) electrons. The zero-order valence-electron chi connectivity index (χ0n) is 13.0. The Hall–Kier alpha value is -2.25. The first-order valence-electron chi connectivity index (χ1n) is 7.36. The number of rotatable bonds is 5. The van der Waals surface area contributed by atoms with Crippen molar-refractivity contribution >= 4 is 28.3 Å². The summed E-state index contributed by atoms with van der Waals surface area (Å²) in [5, 5.41) is 12.0. The first-order valence-corrected chi connectivity index (χ1v) is 8.24. The highest BCUT2D eigenvalue weighted by Gasteiger charge is 2.18. The maximum atomic E-state index is 12.2. The number of aryl methyl sites for hydroxylation is 1. The van der Waals surface area contributed by atoms with Crippen molar-refractivity contribution in [3.05, 3.63) is 35.5 Å². The lowest BCUT2D eigenvalue weighted by Crippen LogP contribution is -2.33. The molecule has 120 valence electrons. The summed E-state index contributed by atoms with van der Waals surface area (Å²) in [7, 11) is 0. The maximum Gasteiger partial charge on any atom is 0.240 e. The van der Waals surface area contributed by atoms with E-state index in [4.69, 9.17) is 0 Å². The molecular weight excluding hydrogens is 312 g/mol. The van der Waals surface area contributed by atoms with Crippen molar-refractivity contribution in [1.29, 1.82) is 0 Å². The molecule has 0 aliphatic carbocycles. The number of para-hydroxylation sites is 2. The number of imidazole rings is 1. The summed E-state index contributed by atoms with van der Waals surface area (Å²) in [5.41, 5.74) is 4.43. The Bertz CT molecular complexity index is 838. The second kappa shape index (κ2) is 6.47. The van der Waals surface area contributed by atoms with Gasteiger partial charge in [-0.3, -0.25) is 4.79 Å². The molecule has 0 saturated heterocycles. The van der Waals surface area contributed by atoms with Crippen LogP contribution >= 0.6 is 11.3 Å². The van der Waals surface area contributed by atoms with E-state index in [1.165, 1.54) is 11.3 Å². The molecule has 3 aromatic rings. The lowest BCUT2D eigenvalue weighted by atomic mass is 10.3. The van der Waals surface area contributed by atoms with E-state index in [0.29, 0.717) is 0 Å². The summed E-state index contributed by atoms with van der Waals surface area (Å²) in [4.78, 5) is 22.1. The van der Waals surface area contributed by atoms with Gasteiger partial charge in [0.05, 0.1) is 33.2 Å². The number of hydrogen-bond donors (Lipinski definition) is 2. The third-order valence-corrected chi connectivity index (χ3v) is 4.42. The van der Waals surface area contributed by atoms with Gasteiger partial charge in [-0.15, -0.1) is 11.3 Å².